The van der Waals surface area contributed by atoms with E-state index in [1.54, 1.807) is 0 Å². The number of amides is 1. The molecule has 0 saturated heterocycles. The lowest BCUT2D eigenvalue weighted by Gasteiger charge is -2.22. The van der Waals surface area contributed by atoms with Gasteiger partial charge < -0.3 is 15.8 Å². The van der Waals surface area contributed by atoms with E-state index in [1.807, 2.05) is 0 Å². The van der Waals surface area contributed by atoms with Crippen molar-refractivity contribution in [2.75, 3.05) is 17.7 Å². The molecule has 0 spiro atoms. The smallest absolute Gasteiger partial charge is 0.399 e. The zero-order chi connectivity index (χ0) is 16.3. The van der Waals surface area contributed by atoms with Gasteiger partial charge in [0.1, 0.15) is 6.61 Å². The Morgan fingerprint density at radius 3 is 2.24 bits per heavy atom. The van der Waals surface area contributed by atoms with Crippen LogP contribution in [-0.4, -0.2) is 31.0 Å². The molecule has 21 heavy (non-hydrogen) atoms. The Balaban J connectivity index is 2.62. The van der Waals surface area contributed by atoms with Crippen molar-refractivity contribution in [3.05, 3.63) is 24.3 Å². The molecule has 0 saturated carbocycles. The fourth-order valence-electron chi connectivity index (χ4n) is 1.35. The lowest BCUT2D eigenvalue weighted by atomic mass is 10.3. The number of carbonyl (C=O) groups excluding carboxylic acids is 1. The van der Waals surface area contributed by atoms with Crippen LogP contribution < -0.4 is 11.1 Å². The van der Waals surface area contributed by atoms with Crippen LogP contribution in [0.5, 0.6) is 0 Å². The fraction of sp³-hybridized carbons (Fsp3) is 0.364. The van der Waals surface area contributed by atoms with Gasteiger partial charge in [-0.25, -0.2) is 0 Å². The van der Waals surface area contributed by atoms with Gasteiger partial charge in [0.15, 0.2) is 0 Å². The Hall–Kier alpha value is -1.97. The van der Waals surface area contributed by atoms with Gasteiger partial charge in [0.25, 0.3) is 0 Å². The number of hydrogen-bond acceptors (Lipinski definition) is 3. The zero-order valence-electron chi connectivity index (χ0n) is 10.3. The first kappa shape index (κ1) is 17.1. The van der Waals surface area contributed by atoms with Gasteiger partial charge in [0.2, 0.25) is 12.0 Å². The summed E-state index contributed by atoms with van der Waals surface area (Å²) in [6.07, 6.45) is -15.3. The summed E-state index contributed by atoms with van der Waals surface area (Å²) in [7, 11) is 0. The summed E-state index contributed by atoms with van der Waals surface area (Å²) < 4.78 is 76.6. The maximum Gasteiger partial charge on any atom is 0.423 e. The van der Waals surface area contributed by atoms with Crippen LogP contribution in [0.4, 0.5) is 37.7 Å². The molecular formula is C11H10F6N2O2. The predicted octanol–water partition coefficient (Wildman–Crippen LogP) is 2.72. The monoisotopic (exact) mass is 316 g/mol. The Labute approximate surface area is 114 Å². The van der Waals surface area contributed by atoms with E-state index in [-0.39, 0.29) is 11.4 Å². The predicted molar refractivity (Wildman–Crippen MR) is 61.3 cm³/mol. The molecule has 0 aliphatic heterocycles. The fourth-order valence-corrected chi connectivity index (χ4v) is 1.35. The minimum atomic E-state index is -5.66. The van der Waals surface area contributed by atoms with E-state index in [0.717, 1.165) is 0 Å². The van der Waals surface area contributed by atoms with Crippen molar-refractivity contribution in [2.45, 2.75) is 18.5 Å². The normalized spacial score (nSPS) is 12.5. The average Bonchev–Trinajstić information content (AvgIpc) is 2.24. The second-order valence-electron chi connectivity index (χ2n) is 3.95. The van der Waals surface area contributed by atoms with E-state index < -0.39 is 31.0 Å². The van der Waals surface area contributed by atoms with E-state index in [0.29, 0.717) is 0 Å². The largest absolute Gasteiger partial charge is 0.423 e. The highest BCUT2D eigenvalue weighted by molar-refractivity contribution is 5.92. The van der Waals surface area contributed by atoms with Gasteiger partial charge in [-0.3, -0.25) is 4.79 Å². The molecule has 0 aliphatic rings. The third-order valence-corrected chi connectivity index (χ3v) is 2.15. The van der Waals surface area contributed by atoms with E-state index in [2.05, 4.69) is 10.1 Å². The molecule has 0 aliphatic carbocycles. The third kappa shape index (κ3) is 5.50. The van der Waals surface area contributed by atoms with Gasteiger partial charge in [0, 0.05) is 11.4 Å². The van der Waals surface area contributed by atoms with E-state index in [4.69, 9.17) is 5.73 Å². The number of carbonyl (C=O) groups is 1. The molecule has 3 N–H and O–H groups in total. The molecule has 4 nitrogen and oxygen atoms in total. The summed E-state index contributed by atoms with van der Waals surface area (Å²) in [4.78, 5) is 11.3. The molecular weight excluding hydrogens is 306 g/mol. The molecule has 1 aromatic carbocycles. The standard InChI is InChI=1S/C11H10F6N2O2/c12-10(13,14)9(11(15,16)17)21-5-8(20)19-7-3-1-2-6(18)4-7/h1-4,9H,5,18H2,(H,19,20). The topological polar surface area (TPSA) is 64.3 Å². The summed E-state index contributed by atoms with van der Waals surface area (Å²) in [6, 6.07) is 5.57. The number of alkyl halides is 6. The van der Waals surface area contributed by atoms with Gasteiger partial charge in [-0.15, -0.1) is 0 Å². The number of ether oxygens (including phenoxy) is 1. The molecule has 0 heterocycles. The molecule has 1 rings (SSSR count). The zero-order valence-corrected chi connectivity index (χ0v) is 10.3. The van der Waals surface area contributed by atoms with E-state index in [1.165, 1.54) is 24.3 Å². The minimum Gasteiger partial charge on any atom is -0.399 e. The van der Waals surface area contributed by atoms with Crippen LogP contribution in [0.25, 0.3) is 0 Å². The lowest BCUT2D eigenvalue weighted by molar-refractivity contribution is -0.319. The molecule has 10 heteroatoms. The lowest BCUT2D eigenvalue weighted by Crippen LogP contribution is -2.45. The number of halogens is 6. The number of nitrogens with two attached hydrogens (primary N) is 1. The van der Waals surface area contributed by atoms with Crippen molar-refractivity contribution < 1.29 is 35.9 Å². The van der Waals surface area contributed by atoms with Gasteiger partial charge in [-0.2, -0.15) is 26.3 Å². The number of rotatable bonds is 4. The molecule has 118 valence electrons. The summed E-state index contributed by atoms with van der Waals surface area (Å²) in [6.45, 7) is -1.40. The van der Waals surface area contributed by atoms with Crippen LogP contribution in [0.15, 0.2) is 24.3 Å². The molecule has 1 aromatic rings. The Morgan fingerprint density at radius 2 is 1.76 bits per heavy atom. The van der Waals surface area contributed by atoms with Crippen molar-refractivity contribution in [1.82, 2.24) is 0 Å². The second-order valence-corrected chi connectivity index (χ2v) is 3.95. The molecule has 0 bridgehead atoms. The van der Waals surface area contributed by atoms with Crippen LogP contribution >= 0.6 is 0 Å². The first-order valence-electron chi connectivity index (χ1n) is 5.40. The SMILES string of the molecule is Nc1cccc(NC(=O)COC(C(F)(F)F)C(F)(F)F)c1. The number of nitrogen functional groups attached to an aromatic ring is 1. The quantitative estimate of drug-likeness (QED) is 0.663. The Morgan fingerprint density at radius 1 is 1.19 bits per heavy atom. The average molecular weight is 316 g/mol. The molecule has 0 radical (unpaired) electrons. The highest BCUT2D eigenvalue weighted by Gasteiger charge is 2.58. The summed E-state index contributed by atoms with van der Waals surface area (Å²) in [5, 5.41) is 2.06. The molecule has 0 fully saturated rings. The first-order valence-corrected chi connectivity index (χ1v) is 5.40. The summed E-state index contributed by atoms with van der Waals surface area (Å²) >= 11 is 0. The number of benzene rings is 1. The van der Waals surface area contributed by atoms with Gasteiger partial charge in [-0.1, -0.05) is 6.07 Å². The van der Waals surface area contributed by atoms with Crippen molar-refractivity contribution >= 4 is 17.3 Å². The third-order valence-electron chi connectivity index (χ3n) is 2.15. The van der Waals surface area contributed by atoms with Crippen molar-refractivity contribution in [3.63, 3.8) is 0 Å². The van der Waals surface area contributed by atoms with Crippen molar-refractivity contribution in [1.29, 1.82) is 0 Å². The molecule has 1 amide bonds. The van der Waals surface area contributed by atoms with Crippen LogP contribution in [0.1, 0.15) is 0 Å². The highest BCUT2D eigenvalue weighted by Crippen LogP contribution is 2.35. The summed E-state index contributed by atoms with van der Waals surface area (Å²) in [5.74, 6) is -1.17. The highest BCUT2D eigenvalue weighted by atomic mass is 19.4. The van der Waals surface area contributed by atoms with Crippen LogP contribution in [-0.2, 0) is 9.53 Å². The maximum atomic E-state index is 12.2. The van der Waals surface area contributed by atoms with Crippen molar-refractivity contribution in [2.24, 2.45) is 0 Å². The van der Waals surface area contributed by atoms with E-state index >= 15 is 0 Å². The minimum absolute atomic E-state index is 0.124. The number of hydrogen-bond donors (Lipinski definition) is 2. The van der Waals surface area contributed by atoms with Crippen molar-refractivity contribution in [3.8, 4) is 0 Å². The molecule has 0 unspecified atom stereocenters. The second kappa shape index (κ2) is 6.20. The van der Waals surface area contributed by atoms with Gasteiger partial charge in [-0.05, 0) is 18.2 Å². The molecule has 0 atom stereocenters. The van der Waals surface area contributed by atoms with Gasteiger partial charge in [0.05, 0.1) is 0 Å². The Kier molecular flexibility index (Phi) is 5.05. The maximum absolute atomic E-state index is 12.2. The number of anilines is 2. The summed E-state index contributed by atoms with van der Waals surface area (Å²) in [5.41, 5.74) is 5.78. The molecule has 0 aromatic heterocycles. The van der Waals surface area contributed by atoms with Gasteiger partial charge >= 0.3 is 12.4 Å². The van der Waals surface area contributed by atoms with Crippen LogP contribution in [0.2, 0.25) is 0 Å². The Bertz CT molecular complexity index is 486. The first-order chi connectivity index (χ1) is 9.50. The van der Waals surface area contributed by atoms with Crippen LogP contribution in [0.3, 0.4) is 0 Å². The number of nitrogens with one attached hydrogen (secondary N) is 1. The van der Waals surface area contributed by atoms with E-state index in [9.17, 15) is 31.1 Å². The van der Waals surface area contributed by atoms with Crippen LogP contribution in [0, 0.1) is 0 Å².